The molecule has 0 aliphatic rings. The van der Waals surface area contributed by atoms with Crippen LogP contribution in [0.3, 0.4) is 0 Å². The predicted octanol–water partition coefficient (Wildman–Crippen LogP) is 6.41. The van der Waals surface area contributed by atoms with E-state index in [9.17, 15) is 14.8 Å². The number of carbonyl (C=O) groups is 1. The molecule has 1 amide bonds. The van der Waals surface area contributed by atoms with E-state index < -0.39 is 5.91 Å². The molecule has 0 saturated heterocycles. The quantitative estimate of drug-likeness (QED) is 0.296. The van der Waals surface area contributed by atoms with Crippen molar-refractivity contribution < 1.29 is 9.90 Å². The summed E-state index contributed by atoms with van der Waals surface area (Å²) in [4.78, 5) is 22.6. The molecule has 2 aromatic carbocycles. The predicted molar refractivity (Wildman–Crippen MR) is 114 cm³/mol. The van der Waals surface area contributed by atoms with Gasteiger partial charge in [-0.2, -0.15) is 0 Å². The Hall–Kier alpha value is -3.01. The fourth-order valence-corrected chi connectivity index (χ4v) is 3.25. The summed E-state index contributed by atoms with van der Waals surface area (Å²) in [5, 5.41) is 11.9. The van der Waals surface area contributed by atoms with Crippen LogP contribution < -0.4 is 0 Å². The molecule has 2 rings (SSSR count). The summed E-state index contributed by atoms with van der Waals surface area (Å²) in [5.74, 6) is -0.319. The molecule has 0 radical (unpaired) electrons. The fourth-order valence-electron chi connectivity index (χ4n) is 3.25. The highest BCUT2D eigenvalue weighted by Gasteiger charge is 2.15. The summed E-state index contributed by atoms with van der Waals surface area (Å²) in [6, 6.07) is 15.3. The molecule has 1 N–H and O–H groups in total. The van der Waals surface area contributed by atoms with Gasteiger partial charge in [-0.3, -0.25) is 4.79 Å². The Morgan fingerprint density at radius 2 is 1.86 bits per heavy atom. The third-order valence-electron chi connectivity index (χ3n) is 4.84. The van der Waals surface area contributed by atoms with Crippen LogP contribution in [-0.2, 0) is 6.42 Å². The van der Waals surface area contributed by atoms with Crippen LogP contribution in [0.1, 0.15) is 52.7 Å². The van der Waals surface area contributed by atoms with Crippen molar-refractivity contribution in [3.8, 4) is 0 Å². The summed E-state index contributed by atoms with van der Waals surface area (Å²) < 4.78 is 0. The Morgan fingerprint density at radius 1 is 1.14 bits per heavy atom. The molecule has 2 aromatic rings. The van der Waals surface area contributed by atoms with Gasteiger partial charge in [0.05, 0.1) is 5.76 Å². The first-order valence-electron chi connectivity index (χ1n) is 9.57. The van der Waals surface area contributed by atoms with Crippen molar-refractivity contribution in [2.24, 2.45) is 11.1 Å². The molecule has 4 heteroatoms. The number of amides is 1. The van der Waals surface area contributed by atoms with Crippen LogP contribution in [0.2, 0.25) is 0 Å². The van der Waals surface area contributed by atoms with Gasteiger partial charge >= 0.3 is 5.91 Å². The highest BCUT2D eigenvalue weighted by Crippen LogP contribution is 2.23. The normalized spacial score (nSPS) is 12.0. The molecule has 0 saturated carbocycles. The number of carbonyl (C=O) groups excluding carboxylic acids is 1. The van der Waals surface area contributed by atoms with Crippen LogP contribution in [0.4, 0.5) is 0 Å². The monoisotopic (exact) mass is 377 g/mol. The first kappa shape index (κ1) is 21.3. The van der Waals surface area contributed by atoms with Gasteiger partial charge < -0.3 is 5.11 Å². The van der Waals surface area contributed by atoms with E-state index >= 15 is 0 Å². The van der Waals surface area contributed by atoms with Gasteiger partial charge in [0, 0.05) is 17.2 Å². The lowest BCUT2D eigenvalue weighted by Gasteiger charge is -2.15. The molecule has 4 nitrogen and oxygen atoms in total. The van der Waals surface area contributed by atoms with E-state index in [-0.39, 0.29) is 11.7 Å². The zero-order chi connectivity index (χ0) is 20.4. The number of aryl methyl sites for hydroxylation is 1. The number of aliphatic hydroxyl groups is 1. The van der Waals surface area contributed by atoms with E-state index in [0.717, 1.165) is 30.4 Å². The smallest absolute Gasteiger partial charge is 0.317 e. The molecule has 0 aliphatic carbocycles. The minimum Gasteiger partial charge on any atom is -0.513 e. The van der Waals surface area contributed by atoms with Gasteiger partial charge in [-0.05, 0) is 54.9 Å². The van der Waals surface area contributed by atoms with Gasteiger partial charge in [0.1, 0.15) is 0 Å². The molecule has 0 spiro atoms. The summed E-state index contributed by atoms with van der Waals surface area (Å²) in [6.45, 7) is 5.60. The van der Waals surface area contributed by atoms with Gasteiger partial charge in [-0.25, -0.2) is 0 Å². The minimum absolute atomic E-state index is 0.201. The molecule has 1 unspecified atom stereocenters. The number of nitrogens with zero attached hydrogens (tertiary/aromatic N) is 1. The fraction of sp³-hybridized carbons (Fsp3) is 0.292. The van der Waals surface area contributed by atoms with E-state index in [2.05, 4.69) is 43.0 Å². The standard InChI is InChI=1S/C24H27NO3/c1-18-9-3-6-12-21(18)16-15-20(11-5-4-10-19(2)26)17-22-13-7-8-14-23(22)24(27)25-28/h3,6-9,12-16,20,26H,2,4-5,10-11,17H2,1H3/b16-15+. The van der Waals surface area contributed by atoms with Gasteiger partial charge in [0.2, 0.25) is 0 Å². The van der Waals surface area contributed by atoms with E-state index in [1.807, 2.05) is 24.3 Å². The van der Waals surface area contributed by atoms with Crippen LogP contribution in [0, 0.1) is 17.7 Å². The second kappa shape index (κ2) is 11.0. The van der Waals surface area contributed by atoms with Crippen molar-refractivity contribution in [2.75, 3.05) is 0 Å². The number of hydrogen-bond acceptors (Lipinski definition) is 3. The Bertz CT molecular complexity index is 854. The second-order valence-corrected chi connectivity index (χ2v) is 7.05. The number of unbranched alkanes of at least 4 members (excludes halogenated alkanes) is 1. The van der Waals surface area contributed by atoms with Crippen LogP contribution in [0.25, 0.3) is 6.08 Å². The Morgan fingerprint density at radius 3 is 2.57 bits per heavy atom. The maximum Gasteiger partial charge on any atom is 0.317 e. The maximum atomic E-state index is 11.8. The Balaban J connectivity index is 2.18. The van der Waals surface area contributed by atoms with Gasteiger partial charge in [-0.15, -0.1) is 4.91 Å². The van der Waals surface area contributed by atoms with Crippen molar-refractivity contribution >= 4 is 12.0 Å². The van der Waals surface area contributed by atoms with E-state index in [1.165, 1.54) is 5.56 Å². The summed E-state index contributed by atoms with van der Waals surface area (Å²) in [7, 11) is 0. The SMILES string of the molecule is C=C(O)CCCCC(/C=C/c1ccccc1C)Cc1ccccc1C(=O)N=O. The lowest BCUT2D eigenvalue weighted by molar-refractivity contribution is 0.0999. The zero-order valence-corrected chi connectivity index (χ0v) is 16.3. The minimum atomic E-state index is -0.728. The van der Waals surface area contributed by atoms with E-state index in [4.69, 9.17) is 0 Å². The van der Waals surface area contributed by atoms with Crippen LogP contribution in [0.15, 0.2) is 72.1 Å². The Kier molecular flexibility index (Phi) is 8.35. The highest BCUT2D eigenvalue weighted by atomic mass is 16.3. The van der Waals surface area contributed by atoms with E-state index in [0.29, 0.717) is 18.4 Å². The molecular formula is C24H27NO3. The number of allylic oxidation sites excluding steroid dienone is 2. The lowest BCUT2D eigenvalue weighted by atomic mass is 9.90. The van der Waals surface area contributed by atoms with Crippen molar-refractivity contribution in [1.29, 1.82) is 0 Å². The molecule has 0 aromatic heterocycles. The third-order valence-corrected chi connectivity index (χ3v) is 4.84. The average Bonchev–Trinajstić information content (AvgIpc) is 2.69. The van der Waals surface area contributed by atoms with Crippen molar-refractivity contribution in [3.05, 3.63) is 94.1 Å². The summed E-state index contributed by atoms with van der Waals surface area (Å²) in [6.07, 6.45) is 8.24. The molecule has 0 heterocycles. The largest absolute Gasteiger partial charge is 0.513 e. The number of benzene rings is 2. The molecule has 0 aliphatic heterocycles. The summed E-state index contributed by atoms with van der Waals surface area (Å²) in [5.41, 5.74) is 3.57. The van der Waals surface area contributed by atoms with Gasteiger partial charge in [0.15, 0.2) is 0 Å². The van der Waals surface area contributed by atoms with Gasteiger partial charge in [-0.1, -0.05) is 67.6 Å². The first-order chi connectivity index (χ1) is 13.5. The second-order valence-electron chi connectivity index (χ2n) is 7.05. The van der Waals surface area contributed by atoms with Crippen LogP contribution in [-0.4, -0.2) is 11.0 Å². The maximum absolute atomic E-state index is 11.8. The van der Waals surface area contributed by atoms with Crippen molar-refractivity contribution in [3.63, 3.8) is 0 Å². The molecular weight excluding hydrogens is 350 g/mol. The zero-order valence-electron chi connectivity index (χ0n) is 16.3. The van der Waals surface area contributed by atoms with Crippen molar-refractivity contribution in [2.45, 2.75) is 39.0 Å². The number of aliphatic hydroxyl groups excluding tert-OH is 1. The molecule has 28 heavy (non-hydrogen) atoms. The number of rotatable bonds is 10. The van der Waals surface area contributed by atoms with Gasteiger partial charge in [0.25, 0.3) is 0 Å². The summed E-state index contributed by atoms with van der Waals surface area (Å²) >= 11 is 0. The molecule has 0 bridgehead atoms. The lowest BCUT2D eigenvalue weighted by Crippen LogP contribution is -2.07. The topological polar surface area (TPSA) is 66.7 Å². The van der Waals surface area contributed by atoms with E-state index in [1.54, 1.807) is 12.1 Å². The molecule has 0 fully saturated rings. The highest BCUT2D eigenvalue weighted by molar-refractivity contribution is 5.96. The average molecular weight is 377 g/mol. The first-order valence-corrected chi connectivity index (χ1v) is 9.57. The third kappa shape index (κ3) is 6.62. The molecule has 146 valence electrons. The molecule has 1 atom stereocenters. The number of nitroso groups, excluding NO2 is 1. The number of hydrogen-bond donors (Lipinski definition) is 1. The Labute approximate surface area is 166 Å². The van der Waals surface area contributed by atoms with Crippen LogP contribution >= 0.6 is 0 Å². The van der Waals surface area contributed by atoms with Crippen molar-refractivity contribution in [1.82, 2.24) is 0 Å². The van der Waals surface area contributed by atoms with Crippen LogP contribution in [0.5, 0.6) is 0 Å².